The average molecular weight is 672 g/mol. The molecule has 3 aromatic carbocycles. The zero-order chi connectivity index (χ0) is 36.1. The van der Waals surface area contributed by atoms with E-state index < -0.39 is 137 Å². The Kier molecular flexibility index (Phi) is 8.51. The van der Waals surface area contributed by atoms with Gasteiger partial charge in [-0.3, -0.25) is 0 Å². The molecule has 0 heterocycles. The van der Waals surface area contributed by atoms with Crippen LogP contribution in [0.25, 0.3) is 16.7 Å². The summed E-state index contributed by atoms with van der Waals surface area (Å²) in [5.41, 5.74) is -21.3. The first kappa shape index (κ1) is 33.9. The maximum Gasteiger partial charge on any atom is 0.196 e. The molecule has 234 valence electrons. The number of hydrogen-bond acceptors (Lipinski definition) is 6. The van der Waals surface area contributed by atoms with Gasteiger partial charge in [0.1, 0.15) is 53.1 Å². The fraction of sp³-hybridized carbons (Fsp3) is 0. The van der Waals surface area contributed by atoms with Gasteiger partial charge in [-0.05, 0) is 0 Å². The van der Waals surface area contributed by atoms with Gasteiger partial charge in [0.05, 0.1) is 33.4 Å². The summed E-state index contributed by atoms with van der Waals surface area (Å²) in [6.07, 6.45) is 0. The Morgan fingerprint density at radius 2 is 0.500 bits per heavy atom. The van der Waals surface area contributed by atoms with Crippen LogP contribution < -0.4 is 0 Å². The van der Waals surface area contributed by atoms with Gasteiger partial charge in [-0.1, -0.05) is 0 Å². The Morgan fingerprint density at radius 3 is 0.750 bits per heavy atom. The van der Waals surface area contributed by atoms with Crippen molar-refractivity contribution in [3.05, 3.63) is 120 Å². The third kappa shape index (κ3) is 4.57. The summed E-state index contributed by atoms with van der Waals surface area (Å²) in [7, 11) is 0. The predicted octanol–water partition coefficient (Wildman–Crippen LogP) is 7.22. The van der Waals surface area contributed by atoms with E-state index >= 15 is 22.0 Å². The van der Waals surface area contributed by atoms with Gasteiger partial charge >= 0.3 is 0 Å². The number of benzene rings is 3. The van der Waals surface area contributed by atoms with E-state index in [0.717, 1.165) is 36.4 Å². The lowest BCUT2D eigenvalue weighted by atomic mass is 9.98. The van der Waals surface area contributed by atoms with Crippen molar-refractivity contribution in [2.45, 2.75) is 0 Å². The molecule has 0 unspecified atom stereocenters. The van der Waals surface area contributed by atoms with E-state index in [0.29, 0.717) is 0 Å². The van der Waals surface area contributed by atoms with Crippen LogP contribution in [0.1, 0.15) is 33.4 Å². The summed E-state index contributed by atoms with van der Waals surface area (Å²) in [4.78, 5) is 0. The lowest BCUT2D eigenvalue weighted by Gasteiger charge is -2.08. The van der Waals surface area contributed by atoms with Crippen molar-refractivity contribution < 1.29 is 52.7 Å². The lowest BCUT2D eigenvalue weighted by Crippen LogP contribution is -2.06. The number of rotatable bonds is 3. The van der Waals surface area contributed by atoms with E-state index in [2.05, 4.69) is 0 Å². The molecule has 1 aliphatic carbocycles. The van der Waals surface area contributed by atoms with E-state index in [-0.39, 0.29) is 0 Å². The second-order valence-corrected chi connectivity index (χ2v) is 8.94. The second kappa shape index (κ2) is 12.1. The predicted molar refractivity (Wildman–Crippen MR) is 131 cm³/mol. The molecule has 4 rings (SSSR count). The van der Waals surface area contributed by atoms with E-state index in [1.807, 2.05) is 0 Å². The highest BCUT2D eigenvalue weighted by molar-refractivity contribution is 6.12. The molecular weight excluding hydrogens is 672 g/mol. The summed E-state index contributed by atoms with van der Waals surface area (Å²) in [6.45, 7) is 0. The Labute approximate surface area is 257 Å². The highest BCUT2D eigenvalue weighted by Gasteiger charge is 2.46. The summed E-state index contributed by atoms with van der Waals surface area (Å²) in [5, 5.41) is 56.1. The van der Waals surface area contributed by atoms with Gasteiger partial charge in [0.25, 0.3) is 0 Å². The Balaban J connectivity index is 2.39. The van der Waals surface area contributed by atoms with Crippen LogP contribution in [0, 0.1) is 138 Å². The number of allylic oxidation sites excluding steroid dienone is 6. The van der Waals surface area contributed by atoms with Gasteiger partial charge in [-0.15, -0.1) is 0 Å². The zero-order valence-corrected chi connectivity index (χ0v) is 22.2. The first-order valence-corrected chi connectivity index (χ1v) is 11.9. The Bertz CT molecular complexity index is 2260. The molecule has 0 saturated heterocycles. The number of nitrogens with zero attached hydrogens (tertiary/aromatic N) is 6. The number of halogens is 12. The highest BCUT2D eigenvalue weighted by atomic mass is 19.2. The lowest BCUT2D eigenvalue weighted by molar-refractivity contribution is 0.430. The molecule has 18 heteroatoms. The maximum atomic E-state index is 15.2. The van der Waals surface area contributed by atoms with Gasteiger partial charge < -0.3 is 0 Å². The van der Waals surface area contributed by atoms with Gasteiger partial charge in [-0.2, -0.15) is 31.6 Å². The Hall–Kier alpha value is -7.02. The molecule has 0 amide bonds. The molecule has 1 aliphatic rings. The van der Waals surface area contributed by atoms with Gasteiger partial charge in [0.15, 0.2) is 69.8 Å². The fourth-order valence-electron chi connectivity index (χ4n) is 4.50. The topological polar surface area (TPSA) is 143 Å². The summed E-state index contributed by atoms with van der Waals surface area (Å²) >= 11 is 0. The molecular formula is C30F12N6. The van der Waals surface area contributed by atoms with Gasteiger partial charge in [-0.25, -0.2) is 52.7 Å². The third-order valence-corrected chi connectivity index (χ3v) is 6.65. The summed E-state index contributed by atoms with van der Waals surface area (Å²) < 4.78 is 177. The van der Waals surface area contributed by atoms with E-state index in [9.17, 15) is 46.5 Å². The van der Waals surface area contributed by atoms with Crippen LogP contribution in [0.3, 0.4) is 0 Å². The van der Waals surface area contributed by atoms with Crippen molar-refractivity contribution in [2.24, 2.45) is 0 Å². The van der Waals surface area contributed by atoms with E-state index in [4.69, 9.17) is 15.8 Å². The molecule has 0 spiro atoms. The van der Waals surface area contributed by atoms with Crippen LogP contribution >= 0.6 is 0 Å². The number of hydrogen-bond donors (Lipinski definition) is 0. The molecule has 0 N–H and O–H groups in total. The summed E-state index contributed by atoms with van der Waals surface area (Å²) in [6, 6.07) is 5.23. The first-order valence-electron chi connectivity index (χ1n) is 11.9. The molecule has 48 heavy (non-hydrogen) atoms. The van der Waals surface area contributed by atoms with Crippen LogP contribution in [0.4, 0.5) is 52.7 Å². The molecule has 0 aromatic heterocycles. The van der Waals surface area contributed by atoms with E-state index in [1.165, 1.54) is 0 Å². The van der Waals surface area contributed by atoms with Crippen LogP contribution in [0.2, 0.25) is 0 Å². The molecule has 1 fully saturated rings. The van der Waals surface area contributed by atoms with Crippen molar-refractivity contribution in [1.29, 1.82) is 31.6 Å². The standard InChI is InChI=1S/C30F12N6/c31-19-10(4-46)24(36)30(42)29(41)16(19)7(1-43)13-14(8(2-44)17-25(37)20(32)11(5-47)21(33)26(17)38)15(13)9(3-45)18-27(39)22(34)12(6-48)23(35)28(18)40/b13-7?,14-8-,15-9+. The van der Waals surface area contributed by atoms with Crippen molar-refractivity contribution >= 4 is 16.7 Å². The van der Waals surface area contributed by atoms with Crippen LogP contribution in [0.5, 0.6) is 0 Å². The van der Waals surface area contributed by atoms with Crippen LogP contribution in [0.15, 0.2) is 16.7 Å². The molecule has 0 radical (unpaired) electrons. The molecule has 0 aliphatic heterocycles. The molecule has 6 nitrogen and oxygen atoms in total. The van der Waals surface area contributed by atoms with Crippen LogP contribution in [-0.2, 0) is 0 Å². The largest absolute Gasteiger partial charge is 0.205 e. The van der Waals surface area contributed by atoms with Crippen LogP contribution in [-0.4, -0.2) is 0 Å². The minimum Gasteiger partial charge on any atom is -0.205 e. The minimum atomic E-state index is -2.62. The van der Waals surface area contributed by atoms with Crippen molar-refractivity contribution in [2.75, 3.05) is 0 Å². The third-order valence-electron chi connectivity index (χ3n) is 6.65. The van der Waals surface area contributed by atoms with Gasteiger partial charge in [0.2, 0.25) is 0 Å². The highest BCUT2D eigenvalue weighted by Crippen LogP contribution is 2.57. The number of nitriles is 6. The molecule has 0 atom stereocenters. The van der Waals surface area contributed by atoms with E-state index in [1.54, 1.807) is 0 Å². The first-order chi connectivity index (χ1) is 22.6. The smallest absolute Gasteiger partial charge is 0.196 e. The summed E-state index contributed by atoms with van der Waals surface area (Å²) in [5.74, 6) is -29.9. The SMILES string of the molecule is N#CC(=C1C(=C(/C#N)c2c(F)c(F)c(C#N)c(F)c2F)/C1=C(/C#N)c1c(F)c(F)c(C#N)c(F)c1F)c1c(F)c(F)c(F)c(C#N)c1F. The zero-order valence-electron chi connectivity index (χ0n) is 22.2. The Morgan fingerprint density at radius 1 is 0.292 bits per heavy atom. The normalized spacial score (nSPS) is 14.9. The second-order valence-electron chi connectivity index (χ2n) is 8.94. The molecule has 0 bridgehead atoms. The van der Waals surface area contributed by atoms with Crippen molar-refractivity contribution in [3.63, 3.8) is 0 Å². The van der Waals surface area contributed by atoms with Gasteiger partial charge in [0, 0.05) is 16.7 Å². The maximum absolute atomic E-state index is 15.2. The average Bonchev–Trinajstić information content (AvgIpc) is 3.78. The van der Waals surface area contributed by atoms with Crippen molar-refractivity contribution in [3.8, 4) is 36.4 Å². The fourth-order valence-corrected chi connectivity index (χ4v) is 4.50. The molecule has 3 aromatic rings. The monoisotopic (exact) mass is 672 g/mol. The molecule has 1 saturated carbocycles. The quantitative estimate of drug-likeness (QED) is 0.125. The van der Waals surface area contributed by atoms with Crippen molar-refractivity contribution in [1.82, 2.24) is 0 Å². The minimum absolute atomic E-state index is 0.768.